The minimum Gasteiger partial charge on any atom is -0.337 e. The van der Waals surface area contributed by atoms with Crippen molar-refractivity contribution in [2.24, 2.45) is 14.1 Å². The Kier molecular flexibility index (Phi) is 2.81. The molecule has 3 heterocycles. The fraction of sp³-hybridized carbons (Fsp3) is 0.273. The first-order valence-electron chi connectivity index (χ1n) is 5.77. The van der Waals surface area contributed by atoms with Gasteiger partial charge in [0.05, 0.1) is 23.5 Å². The maximum absolute atomic E-state index is 13.0. The summed E-state index contributed by atoms with van der Waals surface area (Å²) in [6.45, 7) is 0. The van der Waals surface area contributed by atoms with E-state index in [1.54, 1.807) is 17.9 Å². The van der Waals surface area contributed by atoms with Crippen molar-refractivity contribution in [1.29, 1.82) is 0 Å². The van der Waals surface area contributed by atoms with Crippen molar-refractivity contribution in [1.82, 2.24) is 29.5 Å². The van der Waals surface area contributed by atoms with Gasteiger partial charge in [0.2, 0.25) is 0 Å². The molecule has 3 aromatic heterocycles. The number of hydrogen-bond donors (Lipinski definition) is 1. The maximum Gasteiger partial charge on any atom is 0.282 e. The summed E-state index contributed by atoms with van der Waals surface area (Å²) >= 11 is 0. The molecule has 1 N–H and O–H groups in total. The van der Waals surface area contributed by atoms with Gasteiger partial charge in [0.15, 0.2) is 5.65 Å². The zero-order chi connectivity index (χ0) is 14.3. The topological polar surface area (TPSA) is 73.5 Å². The third-order valence-electron chi connectivity index (χ3n) is 2.97. The van der Waals surface area contributed by atoms with E-state index in [1.807, 2.05) is 0 Å². The summed E-state index contributed by atoms with van der Waals surface area (Å²) < 4.78 is 28.7. The first kappa shape index (κ1) is 12.5. The van der Waals surface area contributed by atoms with Crippen molar-refractivity contribution < 1.29 is 8.78 Å². The molecule has 104 valence electrons. The van der Waals surface area contributed by atoms with E-state index in [-0.39, 0.29) is 11.4 Å². The van der Waals surface area contributed by atoms with Gasteiger partial charge in [-0.3, -0.25) is 9.36 Å². The first-order valence-corrected chi connectivity index (χ1v) is 5.77. The van der Waals surface area contributed by atoms with Gasteiger partial charge in [0.1, 0.15) is 17.8 Å². The van der Waals surface area contributed by atoms with Crippen LogP contribution in [0.3, 0.4) is 0 Å². The number of anilines is 2. The molecule has 9 heteroatoms. The van der Waals surface area contributed by atoms with Crippen LogP contribution in [0.2, 0.25) is 0 Å². The van der Waals surface area contributed by atoms with Crippen LogP contribution in [0, 0.1) is 0 Å². The Morgan fingerprint density at radius 3 is 2.60 bits per heavy atom. The van der Waals surface area contributed by atoms with Crippen LogP contribution in [0.25, 0.3) is 11.0 Å². The first-order chi connectivity index (χ1) is 9.58. The Morgan fingerprint density at radius 2 is 1.85 bits per heavy atom. The molecule has 0 spiro atoms. The number of aromatic nitrogens is 6. The van der Waals surface area contributed by atoms with E-state index in [9.17, 15) is 8.78 Å². The molecule has 0 bridgehead atoms. The van der Waals surface area contributed by atoms with Gasteiger partial charge in [-0.1, -0.05) is 0 Å². The van der Waals surface area contributed by atoms with Gasteiger partial charge in [0.25, 0.3) is 6.43 Å². The molecule has 0 amide bonds. The van der Waals surface area contributed by atoms with Crippen LogP contribution >= 0.6 is 0 Å². The Morgan fingerprint density at radius 1 is 1.10 bits per heavy atom. The average molecular weight is 279 g/mol. The standard InChI is InChI=1S/C11H11F2N7/c1-19-8(9(12)13)7(4-17-19)18-10-6-3-16-20(2)11(6)15-5-14-10/h3-5,9H,1-2H3,(H,14,15,18). The smallest absolute Gasteiger partial charge is 0.282 e. The Labute approximate surface area is 112 Å². The number of fused-ring (bicyclic) bond motifs is 1. The van der Waals surface area contributed by atoms with E-state index < -0.39 is 6.43 Å². The van der Waals surface area contributed by atoms with Gasteiger partial charge in [-0.15, -0.1) is 0 Å². The second-order valence-corrected chi connectivity index (χ2v) is 4.22. The molecule has 0 aliphatic rings. The number of rotatable bonds is 3. The van der Waals surface area contributed by atoms with Crippen LogP contribution in [-0.4, -0.2) is 29.5 Å². The van der Waals surface area contributed by atoms with Crippen molar-refractivity contribution in [2.45, 2.75) is 6.43 Å². The highest BCUT2D eigenvalue weighted by atomic mass is 19.3. The average Bonchev–Trinajstić information content (AvgIpc) is 2.95. The highest BCUT2D eigenvalue weighted by Crippen LogP contribution is 2.29. The fourth-order valence-corrected chi connectivity index (χ4v) is 1.99. The molecule has 0 aliphatic carbocycles. The summed E-state index contributed by atoms with van der Waals surface area (Å²) in [5, 5.41) is 11.4. The molecule has 0 saturated carbocycles. The van der Waals surface area contributed by atoms with E-state index in [0.717, 1.165) is 4.68 Å². The van der Waals surface area contributed by atoms with Crippen molar-refractivity contribution in [2.75, 3.05) is 5.32 Å². The normalized spacial score (nSPS) is 11.4. The van der Waals surface area contributed by atoms with Crippen molar-refractivity contribution in [3.8, 4) is 0 Å². The molecule has 3 rings (SSSR count). The summed E-state index contributed by atoms with van der Waals surface area (Å²) in [4.78, 5) is 8.15. The van der Waals surface area contributed by atoms with E-state index in [1.165, 1.54) is 19.6 Å². The predicted molar refractivity (Wildman–Crippen MR) is 67.8 cm³/mol. The molecule has 0 atom stereocenters. The van der Waals surface area contributed by atoms with Crippen LogP contribution in [0.1, 0.15) is 12.1 Å². The van der Waals surface area contributed by atoms with Gasteiger partial charge in [-0.2, -0.15) is 10.2 Å². The minimum absolute atomic E-state index is 0.194. The highest BCUT2D eigenvalue weighted by Gasteiger charge is 2.19. The van der Waals surface area contributed by atoms with Crippen LogP contribution in [-0.2, 0) is 14.1 Å². The summed E-state index contributed by atoms with van der Waals surface area (Å²) in [5.74, 6) is 0.415. The van der Waals surface area contributed by atoms with Gasteiger partial charge in [-0.25, -0.2) is 18.7 Å². The molecule has 0 unspecified atom stereocenters. The zero-order valence-corrected chi connectivity index (χ0v) is 10.7. The second kappa shape index (κ2) is 4.51. The Balaban J connectivity index is 2.06. The van der Waals surface area contributed by atoms with Crippen LogP contribution in [0.4, 0.5) is 20.3 Å². The lowest BCUT2D eigenvalue weighted by atomic mass is 10.3. The molecule has 0 aromatic carbocycles. The van der Waals surface area contributed by atoms with Crippen LogP contribution in [0.5, 0.6) is 0 Å². The number of halogens is 2. The van der Waals surface area contributed by atoms with Gasteiger partial charge < -0.3 is 5.32 Å². The molecule has 20 heavy (non-hydrogen) atoms. The molecule has 3 aromatic rings. The molecule has 7 nitrogen and oxygen atoms in total. The molecular formula is C11H11F2N7. The zero-order valence-electron chi connectivity index (χ0n) is 10.7. The fourth-order valence-electron chi connectivity index (χ4n) is 1.99. The summed E-state index contributed by atoms with van der Waals surface area (Å²) in [5.41, 5.74) is 0.636. The van der Waals surface area contributed by atoms with Gasteiger partial charge in [0, 0.05) is 14.1 Å². The second-order valence-electron chi connectivity index (χ2n) is 4.22. The number of aryl methyl sites for hydroxylation is 2. The third kappa shape index (κ3) is 1.87. The van der Waals surface area contributed by atoms with Crippen LogP contribution < -0.4 is 5.32 Å². The van der Waals surface area contributed by atoms with Crippen molar-refractivity contribution in [3.05, 3.63) is 24.4 Å². The molecule has 0 aliphatic heterocycles. The Bertz CT molecular complexity index is 761. The quantitative estimate of drug-likeness (QED) is 0.791. The van der Waals surface area contributed by atoms with Crippen LogP contribution in [0.15, 0.2) is 18.7 Å². The lowest BCUT2D eigenvalue weighted by Crippen LogP contribution is -2.02. The third-order valence-corrected chi connectivity index (χ3v) is 2.97. The van der Waals surface area contributed by atoms with Gasteiger partial charge in [-0.05, 0) is 0 Å². The molecular weight excluding hydrogens is 268 g/mol. The minimum atomic E-state index is -2.63. The largest absolute Gasteiger partial charge is 0.337 e. The van der Waals surface area contributed by atoms with E-state index in [0.29, 0.717) is 16.9 Å². The summed E-state index contributed by atoms with van der Waals surface area (Å²) in [6, 6.07) is 0. The summed E-state index contributed by atoms with van der Waals surface area (Å²) in [7, 11) is 3.21. The van der Waals surface area contributed by atoms with E-state index in [2.05, 4.69) is 25.5 Å². The lowest BCUT2D eigenvalue weighted by molar-refractivity contribution is 0.141. The number of alkyl halides is 2. The molecule has 0 fully saturated rings. The molecule has 0 radical (unpaired) electrons. The predicted octanol–water partition coefficient (Wildman–Crippen LogP) is 1.78. The molecule has 0 saturated heterocycles. The lowest BCUT2D eigenvalue weighted by Gasteiger charge is -2.07. The number of nitrogens with one attached hydrogen (secondary N) is 1. The highest BCUT2D eigenvalue weighted by molar-refractivity contribution is 5.88. The SMILES string of the molecule is Cn1ncc(Nc2ncnc3c2cnn3C)c1C(F)F. The number of nitrogens with zero attached hydrogens (tertiary/aromatic N) is 6. The van der Waals surface area contributed by atoms with Gasteiger partial charge >= 0.3 is 0 Å². The monoisotopic (exact) mass is 279 g/mol. The van der Waals surface area contributed by atoms with E-state index >= 15 is 0 Å². The number of hydrogen-bond acceptors (Lipinski definition) is 5. The van der Waals surface area contributed by atoms with E-state index in [4.69, 9.17) is 0 Å². The Hall–Kier alpha value is -2.58. The van der Waals surface area contributed by atoms with Crippen molar-refractivity contribution >= 4 is 22.5 Å². The van der Waals surface area contributed by atoms with Crippen molar-refractivity contribution in [3.63, 3.8) is 0 Å². The maximum atomic E-state index is 13.0. The summed E-state index contributed by atoms with van der Waals surface area (Å²) in [6.07, 6.45) is 1.64.